The molecule has 1 aromatic rings. The van der Waals surface area contributed by atoms with Gasteiger partial charge in [0.25, 0.3) is 0 Å². The Kier molecular flexibility index (Phi) is 3.74. The van der Waals surface area contributed by atoms with E-state index in [0.717, 1.165) is 51.3 Å². The lowest BCUT2D eigenvalue weighted by molar-refractivity contribution is -0.130. The van der Waals surface area contributed by atoms with Crippen LogP contribution in [-0.2, 0) is 4.79 Å². The number of hydrogen-bond acceptors (Lipinski definition) is 5. The maximum absolute atomic E-state index is 11.4. The number of aromatic nitrogens is 2. The molecule has 110 valence electrons. The maximum atomic E-state index is 11.4. The Morgan fingerprint density at radius 3 is 2.55 bits per heavy atom. The number of amides is 1. The first-order chi connectivity index (χ1) is 9.63. The summed E-state index contributed by atoms with van der Waals surface area (Å²) in [6.45, 7) is 7.37. The molecule has 6 nitrogen and oxygen atoms in total. The van der Waals surface area contributed by atoms with Crippen LogP contribution in [0.2, 0.25) is 0 Å². The molecule has 0 bridgehead atoms. The van der Waals surface area contributed by atoms with Gasteiger partial charge in [0.2, 0.25) is 17.7 Å². The van der Waals surface area contributed by atoms with Gasteiger partial charge in [0.1, 0.15) is 0 Å². The molecule has 0 aromatic carbocycles. The van der Waals surface area contributed by atoms with Gasteiger partial charge in [-0.15, -0.1) is 10.2 Å². The maximum Gasteiger partial charge on any atom is 0.220 e. The van der Waals surface area contributed by atoms with Crippen LogP contribution >= 0.6 is 0 Å². The van der Waals surface area contributed by atoms with E-state index in [1.165, 1.54) is 0 Å². The largest absolute Gasteiger partial charge is 0.425 e. The standard InChI is InChI=1S/C14H22N4O2/c1-10-15-16-14(20-10)12-3-6-18(9-12)13-4-7-17(8-5-13)11(2)19/h12-13H,3-9H2,1-2H3. The summed E-state index contributed by atoms with van der Waals surface area (Å²) in [5.74, 6) is 2.01. The number of carbonyl (C=O) groups excluding carboxylic acids is 1. The average Bonchev–Trinajstić information content (AvgIpc) is 3.07. The molecule has 20 heavy (non-hydrogen) atoms. The summed E-state index contributed by atoms with van der Waals surface area (Å²) in [5, 5.41) is 8.07. The van der Waals surface area contributed by atoms with E-state index in [1.807, 2.05) is 11.8 Å². The van der Waals surface area contributed by atoms with Gasteiger partial charge in [0.05, 0.1) is 5.92 Å². The van der Waals surface area contributed by atoms with Gasteiger partial charge in [-0.2, -0.15) is 0 Å². The minimum Gasteiger partial charge on any atom is -0.425 e. The fourth-order valence-electron chi connectivity index (χ4n) is 3.34. The minimum atomic E-state index is 0.198. The van der Waals surface area contributed by atoms with Gasteiger partial charge in [0.15, 0.2) is 0 Å². The van der Waals surface area contributed by atoms with Gasteiger partial charge < -0.3 is 9.32 Å². The highest BCUT2D eigenvalue weighted by Gasteiger charge is 2.33. The normalized spacial score (nSPS) is 25.3. The SMILES string of the molecule is CC(=O)N1CCC(N2CCC(c3nnc(C)o3)C2)CC1. The first kappa shape index (κ1) is 13.5. The molecule has 3 rings (SSSR count). The van der Waals surface area contributed by atoms with E-state index >= 15 is 0 Å². The van der Waals surface area contributed by atoms with Crippen LogP contribution in [0.5, 0.6) is 0 Å². The summed E-state index contributed by atoms with van der Waals surface area (Å²) in [4.78, 5) is 15.8. The molecule has 1 atom stereocenters. The summed E-state index contributed by atoms with van der Waals surface area (Å²) >= 11 is 0. The topological polar surface area (TPSA) is 62.5 Å². The number of piperidine rings is 1. The zero-order valence-corrected chi connectivity index (χ0v) is 12.2. The molecule has 1 unspecified atom stereocenters. The van der Waals surface area contributed by atoms with Gasteiger partial charge in [-0.05, 0) is 25.8 Å². The highest BCUT2D eigenvalue weighted by molar-refractivity contribution is 5.73. The van der Waals surface area contributed by atoms with Crippen LogP contribution < -0.4 is 0 Å². The monoisotopic (exact) mass is 278 g/mol. The number of nitrogens with zero attached hydrogens (tertiary/aromatic N) is 4. The van der Waals surface area contributed by atoms with Gasteiger partial charge in [-0.1, -0.05) is 0 Å². The van der Waals surface area contributed by atoms with Crippen molar-refractivity contribution in [2.45, 2.75) is 45.1 Å². The van der Waals surface area contributed by atoms with Crippen molar-refractivity contribution in [3.63, 3.8) is 0 Å². The fourth-order valence-corrected chi connectivity index (χ4v) is 3.34. The molecule has 2 fully saturated rings. The van der Waals surface area contributed by atoms with Crippen molar-refractivity contribution in [1.29, 1.82) is 0 Å². The van der Waals surface area contributed by atoms with Crippen LogP contribution in [0.15, 0.2) is 4.42 Å². The molecule has 3 heterocycles. The molecule has 0 spiro atoms. The Balaban J connectivity index is 1.54. The summed E-state index contributed by atoms with van der Waals surface area (Å²) < 4.78 is 5.55. The molecule has 0 N–H and O–H groups in total. The Labute approximate surface area is 119 Å². The third-order valence-corrected chi connectivity index (χ3v) is 4.54. The Morgan fingerprint density at radius 1 is 1.20 bits per heavy atom. The third kappa shape index (κ3) is 2.70. The van der Waals surface area contributed by atoms with Gasteiger partial charge in [0, 0.05) is 39.5 Å². The van der Waals surface area contributed by atoms with Gasteiger partial charge in [-0.25, -0.2) is 0 Å². The highest BCUT2D eigenvalue weighted by Crippen LogP contribution is 2.30. The molecule has 1 amide bonds. The summed E-state index contributed by atoms with van der Waals surface area (Å²) in [6.07, 6.45) is 3.25. The van der Waals surface area contributed by atoms with Crippen LogP contribution in [0.1, 0.15) is 43.9 Å². The summed E-state index contributed by atoms with van der Waals surface area (Å²) in [6, 6.07) is 0.597. The lowest BCUT2D eigenvalue weighted by Crippen LogP contribution is -2.45. The van der Waals surface area contributed by atoms with Crippen molar-refractivity contribution >= 4 is 5.91 Å². The number of likely N-dealkylation sites (tertiary alicyclic amines) is 2. The molecule has 1 aromatic heterocycles. The molecule has 0 aliphatic carbocycles. The second-order valence-corrected chi connectivity index (χ2v) is 5.88. The zero-order valence-electron chi connectivity index (χ0n) is 12.2. The molecular formula is C14H22N4O2. The Morgan fingerprint density at radius 2 is 1.95 bits per heavy atom. The molecule has 2 saturated heterocycles. The molecule has 2 aliphatic heterocycles. The fraction of sp³-hybridized carbons (Fsp3) is 0.786. The van der Waals surface area contributed by atoms with Crippen LogP contribution in [0.3, 0.4) is 0 Å². The molecular weight excluding hydrogens is 256 g/mol. The van der Waals surface area contributed by atoms with Crippen LogP contribution in [0, 0.1) is 6.92 Å². The smallest absolute Gasteiger partial charge is 0.220 e. The van der Waals surface area contributed by atoms with Crippen molar-refractivity contribution in [2.24, 2.45) is 0 Å². The van der Waals surface area contributed by atoms with Gasteiger partial charge in [-0.3, -0.25) is 9.69 Å². The lowest BCUT2D eigenvalue weighted by atomic mass is 10.0. The van der Waals surface area contributed by atoms with Crippen molar-refractivity contribution in [3.8, 4) is 0 Å². The summed E-state index contributed by atoms with van der Waals surface area (Å²) in [5.41, 5.74) is 0. The van der Waals surface area contributed by atoms with Crippen LogP contribution in [0.25, 0.3) is 0 Å². The first-order valence-electron chi connectivity index (χ1n) is 7.43. The van der Waals surface area contributed by atoms with Crippen molar-refractivity contribution < 1.29 is 9.21 Å². The minimum absolute atomic E-state index is 0.198. The van der Waals surface area contributed by atoms with E-state index in [0.29, 0.717) is 17.9 Å². The van der Waals surface area contributed by atoms with E-state index in [1.54, 1.807) is 6.92 Å². The molecule has 2 aliphatic rings. The van der Waals surface area contributed by atoms with Crippen LogP contribution in [-0.4, -0.2) is 58.1 Å². The Hall–Kier alpha value is -1.43. The molecule has 0 saturated carbocycles. The predicted octanol–water partition coefficient (Wildman–Crippen LogP) is 1.18. The third-order valence-electron chi connectivity index (χ3n) is 4.54. The quantitative estimate of drug-likeness (QED) is 0.813. The average molecular weight is 278 g/mol. The van der Waals surface area contributed by atoms with E-state index in [-0.39, 0.29) is 5.91 Å². The number of rotatable bonds is 2. The van der Waals surface area contributed by atoms with Crippen molar-refractivity contribution in [3.05, 3.63) is 11.8 Å². The highest BCUT2D eigenvalue weighted by atomic mass is 16.4. The second-order valence-electron chi connectivity index (χ2n) is 5.88. The number of hydrogen-bond donors (Lipinski definition) is 0. The van der Waals surface area contributed by atoms with E-state index < -0.39 is 0 Å². The van der Waals surface area contributed by atoms with Crippen LogP contribution in [0.4, 0.5) is 0 Å². The van der Waals surface area contributed by atoms with Crippen molar-refractivity contribution in [1.82, 2.24) is 20.0 Å². The number of aryl methyl sites for hydroxylation is 1. The van der Waals surface area contributed by atoms with E-state index in [2.05, 4.69) is 15.1 Å². The van der Waals surface area contributed by atoms with Gasteiger partial charge >= 0.3 is 0 Å². The Bertz CT molecular complexity index is 479. The molecule has 0 radical (unpaired) electrons. The molecule has 6 heteroatoms. The number of carbonyl (C=O) groups is 1. The second kappa shape index (κ2) is 5.52. The predicted molar refractivity (Wildman–Crippen MR) is 73.2 cm³/mol. The summed E-state index contributed by atoms with van der Waals surface area (Å²) in [7, 11) is 0. The first-order valence-corrected chi connectivity index (χ1v) is 7.43. The zero-order chi connectivity index (χ0) is 14.1. The van der Waals surface area contributed by atoms with E-state index in [9.17, 15) is 4.79 Å². The lowest BCUT2D eigenvalue weighted by Gasteiger charge is -2.36. The van der Waals surface area contributed by atoms with Crippen molar-refractivity contribution in [2.75, 3.05) is 26.2 Å². The van der Waals surface area contributed by atoms with E-state index in [4.69, 9.17) is 4.42 Å².